The number of likely N-dealkylation sites (N-methyl/N-ethyl adjacent to an activating group) is 1. The van der Waals surface area contributed by atoms with Crippen LogP contribution < -0.4 is 0 Å². The van der Waals surface area contributed by atoms with E-state index in [2.05, 4.69) is 9.98 Å². The molecule has 1 saturated heterocycles. The van der Waals surface area contributed by atoms with Gasteiger partial charge in [0.1, 0.15) is 11.8 Å². The maximum Gasteiger partial charge on any atom is 0.331 e. The Kier molecular flexibility index (Phi) is 4.22. The summed E-state index contributed by atoms with van der Waals surface area (Å²) < 4.78 is 0. The molecule has 0 bridgehead atoms. The number of carbonyl (C=O) groups is 2. The van der Waals surface area contributed by atoms with E-state index in [-0.39, 0.29) is 11.9 Å². The number of nitrogens with zero attached hydrogens (tertiary/aromatic N) is 5. The molecule has 2 aliphatic heterocycles. The molecule has 1 fully saturated rings. The molecule has 21 heavy (non-hydrogen) atoms. The summed E-state index contributed by atoms with van der Waals surface area (Å²) in [5, 5.41) is 0. The van der Waals surface area contributed by atoms with Crippen LogP contribution in [-0.4, -0.2) is 79.5 Å². The van der Waals surface area contributed by atoms with Crippen LogP contribution >= 0.6 is 0 Å². The van der Waals surface area contributed by atoms with E-state index in [4.69, 9.17) is 0 Å². The van der Waals surface area contributed by atoms with Crippen LogP contribution in [0.5, 0.6) is 0 Å². The largest absolute Gasteiger partial charge is 0.331 e. The Labute approximate surface area is 124 Å². The van der Waals surface area contributed by atoms with Gasteiger partial charge < -0.3 is 4.90 Å². The lowest BCUT2D eigenvalue weighted by Gasteiger charge is -2.37. The van der Waals surface area contributed by atoms with Crippen LogP contribution in [-0.2, 0) is 4.79 Å². The number of aliphatic imine (C=N–C) groups is 2. The molecule has 0 saturated carbocycles. The average molecular weight is 291 g/mol. The Morgan fingerprint density at radius 2 is 1.95 bits per heavy atom. The van der Waals surface area contributed by atoms with Crippen molar-refractivity contribution in [3.63, 3.8) is 0 Å². The van der Waals surface area contributed by atoms with Crippen molar-refractivity contribution in [3.05, 3.63) is 11.8 Å². The van der Waals surface area contributed by atoms with Crippen LogP contribution in [0.15, 0.2) is 21.8 Å². The summed E-state index contributed by atoms with van der Waals surface area (Å²) in [5.74, 6) is -0.393. The molecule has 0 aromatic carbocycles. The molecule has 2 rings (SSSR count). The van der Waals surface area contributed by atoms with Crippen molar-refractivity contribution in [2.24, 2.45) is 15.9 Å². The molecule has 3 amide bonds. The van der Waals surface area contributed by atoms with Gasteiger partial charge in [-0.25, -0.2) is 9.79 Å². The summed E-state index contributed by atoms with van der Waals surface area (Å²) in [5.41, 5.74) is 1.57. The van der Waals surface area contributed by atoms with Gasteiger partial charge in [-0.3, -0.25) is 19.6 Å². The van der Waals surface area contributed by atoms with Gasteiger partial charge in [-0.05, 0) is 26.6 Å². The molecule has 0 aliphatic carbocycles. The SMILES string of the molecule is CC1=CN=C2C(C(=O)N(C)C(=O)N2C)C1=NCCN(C)C. The Hall–Kier alpha value is -2.02. The number of imide groups is 1. The maximum atomic E-state index is 12.4. The summed E-state index contributed by atoms with van der Waals surface area (Å²) >= 11 is 0. The topological polar surface area (TPSA) is 68.6 Å². The second-order valence-corrected chi connectivity index (χ2v) is 5.54. The molecule has 7 heteroatoms. The van der Waals surface area contributed by atoms with E-state index in [0.717, 1.165) is 17.0 Å². The van der Waals surface area contributed by atoms with Gasteiger partial charge in [0.15, 0.2) is 0 Å². The second-order valence-electron chi connectivity index (χ2n) is 5.54. The quantitative estimate of drug-likeness (QED) is 0.758. The van der Waals surface area contributed by atoms with Crippen LogP contribution in [0.25, 0.3) is 0 Å². The summed E-state index contributed by atoms with van der Waals surface area (Å²) in [4.78, 5) is 37.8. The van der Waals surface area contributed by atoms with Crippen LogP contribution in [0.3, 0.4) is 0 Å². The number of amides is 3. The highest BCUT2D eigenvalue weighted by Crippen LogP contribution is 2.25. The average Bonchev–Trinajstić information content (AvgIpc) is 2.44. The van der Waals surface area contributed by atoms with E-state index in [1.807, 2.05) is 25.9 Å². The summed E-state index contributed by atoms with van der Waals surface area (Å²) in [7, 11) is 7.07. The number of allylic oxidation sites excluding steroid dienone is 1. The van der Waals surface area contributed by atoms with Crippen LogP contribution in [0.2, 0.25) is 0 Å². The third-order valence-electron chi connectivity index (χ3n) is 3.65. The summed E-state index contributed by atoms with van der Waals surface area (Å²) in [6.45, 7) is 3.29. The molecular weight excluding hydrogens is 270 g/mol. The third-order valence-corrected chi connectivity index (χ3v) is 3.65. The molecule has 2 heterocycles. The van der Waals surface area contributed by atoms with Gasteiger partial charge in [-0.2, -0.15) is 0 Å². The Balaban J connectivity index is 2.36. The minimum absolute atomic E-state index is 0.270. The normalized spacial score (nSPS) is 24.5. The molecule has 1 unspecified atom stereocenters. The van der Waals surface area contributed by atoms with Crippen LogP contribution in [0.4, 0.5) is 4.79 Å². The molecule has 7 nitrogen and oxygen atoms in total. The fraction of sp³-hybridized carbons (Fsp3) is 0.571. The van der Waals surface area contributed by atoms with Gasteiger partial charge in [-0.1, -0.05) is 0 Å². The first-order chi connectivity index (χ1) is 9.84. The molecule has 0 aromatic heterocycles. The number of hydrogen-bond acceptors (Lipinski definition) is 5. The van der Waals surface area contributed by atoms with Gasteiger partial charge in [0, 0.05) is 26.8 Å². The van der Waals surface area contributed by atoms with E-state index in [1.54, 1.807) is 13.2 Å². The standard InChI is InChI=1S/C14H21N5O2/c1-9-8-16-12-10(11(9)15-6-7-17(2)3)13(20)19(5)14(21)18(12)4/h8,10H,6-7H2,1-5H3. The fourth-order valence-electron chi connectivity index (χ4n) is 2.36. The summed E-state index contributed by atoms with van der Waals surface area (Å²) in [6, 6.07) is -0.365. The van der Waals surface area contributed by atoms with Gasteiger partial charge in [-0.15, -0.1) is 0 Å². The molecule has 114 valence electrons. The number of carbonyl (C=O) groups excluding carboxylic acids is 2. The highest BCUT2D eigenvalue weighted by molar-refractivity contribution is 6.33. The number of rotatable bonds is 3. The van der Waals surface area contributed by atoms with Gasteiger partial charge in [0.25, 0.3) is 0 Å². The lowest BCUT2D eigenvalue weighted by Crippen LogP contribution is -2.59. The van der Waals surface area contributed by atoms with E-state index in [9.17, 15) is 9.59 Å². The fourth-order valence-corrected chi connectivity index (χ4v) is 2.36. The van der Waals surface area contributed by atoms with Crippen molar-refractivity contribution in [2.45, 2.75) is 6.92 Å². The molecule has 2 aliphatic rings. The molecule has 0 N–H and O–H groups in total. The number of hydrogen-bond donors (Lipinski definition) is 0. The number of fused-ring (bicyclic) bond motifs is 1. The van der Waals surface area contributed by atoms with Crippen molar-refractivity contribution >= 4 is 23.5 Å². The van der Waals surface area contributed by atoms with Gasteiger partial charge in [0.2, 0.25) is 5.91 Å². The van der Waals surface area contributed by atoms with Crippen molar-refractivity contribution < 1.29 is 9.59 Å². The third kappa shape index (κ3) is 2.73. The zero-order valence-electron chi connectivity index (χ0n) is 13.1. The predicted molar refractivity (Wildman–Crippen MR) is 81.5 cm³/mol. The van der Waals surface area contributed by atoms with E-state index >= 15 is 0 Å². The number of amidine groups is 1. The molecule has 0 radical (unpaired) electrons. The smallest absolute Gasteiger partial charge is 0.308 e. The molecule has 0 aromatic rings. The van der Waals surface area contributed by atoms with Crippen molar-refractivity contribution in [2.75, 3.05) is 41.3 Å². The zero-order valence-corrected chi connectivity index (χ0v) is 13.1. The minimum Gasteiger partial charge on any atom is -0.308 e. The first-order valence-electron chi connectivity index (χ1n) is 6.83. The van der Waals surface area contributed by atoms with Crippen LogP contribution in [0.1, 0.15) is 6.92 Å². The monoisotopic (exact) mass is 291 g/mol. The molecule has 0 spiro atoms. The predicted octanol–water partition coefficient (Wildman–Crippen LogP) is 0.445. The van der Waals surface area contributed by atoms with Crippen molar-refractivity contribution in [1.82, 2.24) is 14.7 Å². The first kappa shape index (κ1) is 15.4. The second kappa shape index (κ2) is 5.77. The minimum atomic E-state index is -0.579. The van der Waals surface area contributed by atoms with E-state index in [0.29, 0.717) is 18.1 Å². The highest BCUT2D eigenvalue weighted by atomic mass is 16.2. The van der Waals surface area contributed by atoms with Gasteiger partial charge >= 0.3 is 6.03 Å². The highest BCUT2D eigenvalue weighted by Gasteiger charge is 2.44. The first-order valence-corrected chi connectivity index (χ1v) is 6.83. The van der Waals surface area contributed by atoms with Crippen molar-refractivity contribution in [1.29, 1.82) is 0 Å². The lowest BCUT2D eigenvalue weighted by atomic mass is 9.91. The van der Waals surface area contributed by atoms with E-state index < -0.39 is 5.92 Å². The van der Waals surface area contributed by atoms with Crippen LogP contribution in [0, 0.1) is 5.92 Å². The Bertz CT molecular complexity index is 562. The summed E-state index contributed by atoms with van der Waals surface area (Å²) in [6.07, 6.45) is 1.67. The Morgan fingerprint density at radius 3 is 2.57 bits per heavy atom. The lowest BCUT2D eigenvalue weighted by molar-refractivity contribution is -0.128. The zero-order chi connectivity index (χ0) is 15.7. The molecule has 1 atom stereocenters. The van der Waals surface area contributed by atoms with Crippen molar-refractivity contribution in [3.8, 4) is 0 Å². The van der Waals surface area contributed by atoms with Gasteiger partial charge in [0.05, 0.1) is 12.3 Å². The Morgan fingerprint density at radius 1 is 1.29 bits per heavy atom. The number of urea groups is 1. The van der Waals surface area contributed by atoms with E-state index in [1.165, 1.54) is 11.9 Å². The maximum absolute atomic E-state index is 12.4. The molecular formula is C14H21N5O2.